The van der Waals surface area contributed by atoms with Crippen molar-refractivity contribution in [3.8, 4) is 0 Å². The first-order chi connectivity index (χ1) is 0. The largest absolute Gasteiger partial charge is 3.00 e. The smallest absolute Gasteiger partial charge is 0.870 e. The molecular formula is H18Ce2O12W3. The van der Waals surface area contributed by atoms with Crippen molar-refractivity contribution < 1.29 is 212 Å². The van der Waals surface area contributed by atoms with Crippen LogP contribution in [0.3, 0.4) is 0 Å². The van der Waals surface area contributed by atoms with Crippen LogP contribution in [-0.2, 0) is 63.2 Å². The van der Waals surface area contributed by atoms with Gasteiger partial charge >= 0.3 is 83.5 Å². The summed E-state index contributed by atoms with van der Waals surface area (Å²) in [7, 11) is 0. The van der Waals surface area contributed by atoms with Gasteiger partial charge in [0.15, 0.2) is 0 Å². The third kappa shape index (κ3) is 363. The van der Waals surface area contributed by atoms with Crippen molar-refractivity contribution in [1.29, 1.82) is 0 Å². The molecule has 0 fully saturated rings. The minimum Gasteiger partial charge on any atom is -0.870 e. The molecule has 0 aliphatic heterocycles. The zero-order chi connectivity index (χ0) is 0. The molecule has 17 heavy (non-hydrogen) atoms. The Labute approximate surface area is 208 Å². The Balaban J connectivity index is 0. The monoisotopic (exact) mass is 1040 g/mol. The second-order valence-electron chi connectivity index (χ2n) is 0. The molecule has 116 valence electrons. The fourth-order valence-electron chi connectivity index (χ4n) is 0. The van der Waals surface area contributed by atoms with Gasteiger partial charge in [-0.05, 0) is 0 Å². The van der Waals surface area contributed by atoms with E-state index >= 15 is 0 Å². The zero-order valence-electron chi connectivity index (χ0n) is 7.91. The normalized spacial score (nSPS) is 0. The molecule has 0 saturated carbocycles. The summed E-state index contributed by atoms with van der Waals surface area (Å²) in [5.41, 5.74) is 0. The van der Waals surface area contributed by atoms with Crippen LogP contribution in [-0.4, -0.2) is 65.7 Å². The molecule has 0 aliphatic carbocycles. The Hall–Kier alpha value is 4.34. The Morgan fingerprint density at radius 3 is 0.235 bits per heavy atom. The van der Waals surface area contributed by atoms with Crippen molar-refractivity contribution in [2.45, 2.75) is 0 Å². The van der Waals surface area contributed by atoms with Gasteiger partial charge in [0.25, 0.3) is 0 Å². The maximum absolute atomic E-state index is 0. The van der Waals surface area contributed by atoms with Crippen molar-refractivity contribution >= 4 is 0 Å². The molecule has 18 N–H and O–H groups in total. The van der Waals surface area contributed by atoms with E-state index in [1.807, 2.05) is 0 Å². The van der Waals surface area contributed by atoms with Crippen LogP contribution < -0.4 is 0 Å². The van der Waals surface area contributed by atoms with Gasteiger partial charge in [0.05, 0.1) is 0 Å². The van der Waals surface area contributed by atoms with Crippen LogP contribution in [0.25, 0.3) is 0 Å². The number of rotatable bonds is 0. The average molecular weight is 1040 g/mol. The molecule has 0 atom stereocenters. The van der Waals surface area contributed by atoms with E-state index in [1.54, 1.807) is 0 Å². The van der Waals surface area contributed by atoms with Crippen molar-refractivity contribution in [3.05, 3.63) is 0 Å². The summed E-state index contributed by atoms with van der Waals surface area (Å²) in [6.45, 7) is 0. The van der Waals surface area contributed by atoms with Gasteiger partial charge in [0.2, 0.25) is 0 Å². The zero-order valence-corrected chi connectivity index (χ0v) is 23.0. The molecule has 0 spiro atoms. The standard InChI is InChI=1S/2Ce.12H2O.3W/h;;12*1H2;;;/q2*+3;;;;;;;;;;;;;;;/p-6. The van der Waals surface area contributed by atoms with Crippen LogP contribution in [0, 0.1) is 83.5 Å². The molecule has 0 aromatic carbocycles. The molecular weight excluding hydrogens is 1020 g/mol. The van der Waals surface area contributed by atoms with Crippen molar-refractivity contribution in [2.75, 3.05) is 0 Å². The molecule has 0 rings (SSSR count). The van der Waals surface area contributed by atoms with Crippen LogP contribution in [0.5, 0.6) is 0 Å². The number of hydrogen-bond acceptors (Lipinski definition) is 6. The first-order valence-corrected chi connectivity index (χ1v) is 0. The van der Waals surface area contributed by atoms with Crippen molar-refractivity contribution in [3.63, 3.8) is 0 Å². The molecule has 0 saturated heterocycles. The Bertz CT molecular complexity index is 19.7. The van der Waals surface area contributed by atoms with Gasteiger partial charge in [-0.25, -0.2) is 0 Å². The summed E-state index contributed by atoms with van der Waals surface area (Å²) in [4.78, 5) is 0. The summed E-state index contributed by atoms with van der Waals surface area (Å²) >= 11 is 0. The van der Waals surface area contributed by atoms with Gasteiger partial charge < -0.3 is 65.7 Å². The van der Waals surface area contributed by atoms with Gasteiger partial charge in [0.1, 0.15) is 0 Å². The molecule has 0 aromatic heterocycles. The average Bonchev–Trinajstić information content (AvgIpc) is 0. The Kier molecular flexibility index (Phi) is 11100. The molecule has 17 heteroatoms. The van der Waals surface area contributed by atoms with Crippen LogP contribution >= 0.6 is 0 Å². The molecule has 0 aliphatic rings. The molecule has 0 unspecified atom stereocenters. The predicted molar refractivity (Wildman–Crippen MR) is 33.3 cm³/mol. The maximum Gasteiger partial charge on any atom is 3.00 e. The summed E-state index contributed by atoms with van der Waals surface area (Å²) in [6, 6.07) is 0. The molecule has 0 heterocycles. The van der Waals surface area contributed by atoms with Crippen molar-refractivity contribution in [2.24, 2.45) is 0 Å². The molecule has 0 aromatic rings. The minimum absolute atomic E-state index is 0. The molecule has 0 bridgehead atoms. The SMILES string of the molecule is O.O.O.O.O.O.[Ce+3].[Ce+3].[OH-].[OH-].[OH-].[OH-].[OH-].[OH-].[W].[W].[W]. The topological polar surface area (TPSA) is 369 Å². The van der Waals surface area contributed by atoms with Crippen molar-refractivity contribution in [1.82, 2.24) is 0 Å². The van der Waals surface area contributed by atoms with E-state index in [1.165, 1.54) is 0 Å². The van der Waals surface area contributed by atoms with E-state index in [0.717, 1.165) is 0 Å². The van der Waals surface area contributed by atoms with Gasteiger partial charge in [-0.2, -0.15) is 0 Å². The van der Waals surface area contributed by atoms with E-state index in [-0.39, 0.29) is 212 Å². The number of hydrogen-bond donors (Lipinski definition) is 0. The molecule has 12 nitrogen and oxygen atoms in total. The third-order valence-electron chi connectivity index (χ3n) is 0. The fraction of sp³-hybridized carbons (Fsp3) is 0. The maximum atomic E-state index is 0. The van der Waals surface area contributed by atoms with E-state index in [0.29, 0.717) is 0 Å². The van der Waals surface area contributed by atoms with Gasteiger partial charge in [-0.3, -0.25) is 0 Å². The summed E-state index contributed by atoms with van der Waals surface area (Å²) in [5.74, 6) is 0. The van der Waals surface area contributed by atoms with Crippen LogP contribution in [0.1, 0.15) is 0 Å². The summed E-state index contributed by atoms with van der Waals surface area (Å²) in [6.07, 6.45) is 0. The quantitative estimate of drug-likeness (QED) is 0.227. The van der Waals surface area contributed by atoms with Gasteiger partial charge in [-0.1, -0.05) is 0 Å². The first-order valence-electron chi connectivity index (χ1n) is 0. The second-order valence-corrected chi connectivity index (χ2v) is 0. The first kappa shape index (κ1) is 469. The van der Waals surface area contributed by atoms with E-state index in [9.17, 15) is 0 Å². The van der Waals surface area contributed by atoms with E-state index in [2.05, 4.69) is 0 Å². The van der Waals surface area contributed by atoms with Gasteiger partial charge in [0, 0.05) is 63.2 Å². The Morgan fingerprint density at radius 1 is 0.235 bits per heavy atom. The van der Waals surface area contributed by atoms with Crippen LogP contribution in [0.2, 0.25) is 0 Å². The van der Waals surface area contributed by atoms with Crippen LogP contribution in [0.4, 0.5) is 0 Å². The van der Waals surface area contributed by atoms with E-state index in [4.69, 9.17) is 0 Å². The second kappa shape index (κ2) is 404. The van der Waals surface area contributed by atoms with Crippen LogP contribution in [0.15, 0.2) is 0 Å². The van der Waals surface area contributed by atoms with Gasteiger partial charge in [-0.15, -0.1) is 0 Å². The molecule has 2 radical (unpaired) electrons. The predicted octanol–water partition coefficient (Wildman–Crippen LogP) is -6.02. The summed E-state index contributed by atoms with van der Waals surface area (Å²) in [5, 5.41) is 0. The van der Waals surface area contributed by atoms with E-state index < -0.39 is 0 Å². The third-order valence-corrected chi connectivity index (χ3v) is 0. The Morgan fingerprint density at radius 2 is 0.235 bits per heavy atom. The minimum atomic E-state index is 0. The fourth-order valence-corrected chi connectivity index (χ4v) is 0. The summed E-state index contributed by atoms with van der Waals surface area (Å²) < 4.78 is 0. The molecule has 0 amide bonds.